The maximum atomic E-state index is 11.3. The summed E-state index contributed by atoms with van der Waals surface area (Å²) >= 11 is 0. The number of esters is 1. The van der Waals surface area contributed by atoms with Crippen LogP contribution in [0.25, 0.3) is 0 Å². The molecule has 0 amide bonds. The Hall–Kier alpha value is -0.810. The lowest BCUT2D eigenvalue weighted by Crippen LogP contribution is -2.59. The predicted molar refractivity (Wildman–Crippen MR) is 67.0 cm³/mol. The van der Waals surface area contributed by atoms with Gasteiger partial charge in [0.1, 0.15) is 24.4 Å². The van der Waals surface area contributed by atoms with Gasteiger partial charge in [-0.3, -0.25) is 4.79 Å². The third kappa shape index (κ3) is 4.85. The number of hydrogen-bond acceptors (Lipinski definition) is 9. The molecule has 0 bridgehead atoms. The number of ether oxygens (including phenoxy) is 3. The Morgan fingerprint density at radius 2 is 1.86 bits per heavy atom. The summed E-state index contributed by atoms with van der Waals surface area (Å²) in [4.78, 5) is 11.3. The van der Waals surface area contributed by atoms with E-state index in [1.807, 2.05) is 0 Å². The average Bonchev–Trinajstić information content (AvgIpc) is 2.47. The number of aliphatic hydroxyl groups excluding tert-OH is 5. The molecule has 124 valence electrons. The van der Waals surface area contributed by atoms with Gasteiger partial charge in [0, 0.05) is 0 Å². The summed E-state index contributed by atoms with van der Waals surface area (Å²) in [6.45, 7) is 0.682. The zero-order chi connectivity index (χ0) is 16.0. The molecule has 1 aliphatic heterocycles. The van der Waals surface area contributed by atoms with Gasteiger partial charge in [-0.1, -0.05) is 0 Å². The van der Waals surface area contributed by atoms with E-state index in [9.17, 15) is 20.1 Å². The molecular formula is C12H22O9. The molecule has 0 aliphatic carbocycles. The fourth-order valence-corrected chi connectivity index (χ4v) is 1.93. The van der Waals surface area contributed by atoms with Crippen LogP contribution in [-0.4, -0.2) is 88.1 Å². The Morgan fingerprint density at radius 1 is 1.19 bits per heavy atom. The van der Waals surface area contributed by atoms with Gasteiger partial charge in [-0.25, -0.2) is 0 Å². The van der Waals surface area contributed by atoms with Gasteiger partial charge in [-0.15, -0.1) is 0 Å². The second-order valence-corrected chi connectivity index (χ2v) is 4.65. The third-order valence-corrected chi connectivity index (χ3v) is 3.08. The fourth-order valence-electron chi connectivity index (χ4n) is 1.93. The highest BCUT2D eigenvalue weighted by Crippen LogP contribution is 2.23. The minimum atomic E-state index is -1.58. The van der Waals surface area contributed by atoms with Crippen LogP contribution in [0, 0.1) is 0 Å². The first-order valence-corrected chi connectivity index (χ1v) is 6.67. The van der Waals surface area contributed by atoms with Crippen molar-refractivity contribution in [1.29, 1.82) is 0 Å². The lowest BCUT2D eigenvalue weighted by Gasteiger charge is -2.40. The first-order chi connectivity index (χ1) is 9.94. The van der Waals surface area contributed by atoms with E-state index in [4.69, 9.17) is 24.4 Å². The second-order valence-electron chi connectivity index (χ2n) is 4.65. The van der Waals surface area contributed by atoms with Crippen LogP contribution in [0.4, 0.5) is 0 Å². The average molecular weight is 310 g/mol. The first-order valence-electron chi connectivity index (χ1n) is 6.67. The van der Waals surface area contributed by atoms with E-state index in [-0.39, 0.29) is 13.0 Å². The van der Waals surface area contributed by atoms with Gasteiger partial charge >= 0.3 is 5.97 Å². The molecule has 6 atom stereocenters. The van der Waals surface area contributed by atoms with E-state index in [0.29, 0.717) is 0 Å². The molecule has 0 aromatic carbocycles. The van der Waals surface area contributed by atoms with Gasteiger partial charge in [0.15, 0.2) is 6.29 Å². The van der Waals surface area contributed by atoms with Gasteiger partial charge < -0.3 is 39.7 Å². The Bertz CT molecular complexity index is 322. The van der Waals surface area contributed by atoms with Gasteiger partial charge in [0.05, 0.1) is 32.3 Å². The predicted octanol–water partition coefficient (Wildman–Crippen LogP) is -2.88. The Balaban J connectivity index is 2.63. The van der Waals surface area contributed by atoms with Crippen LogP contribution in [-0.2, 0) is 19.0 Å². The minimum absolute atomic E-state index is 0.178. The molecule has 1 saturated heterocycles. The van der Waals surface area contributed by atoms with E-state index < -0.39 is 56.0 Å². The van der Waals surface area contributed by atoms with Crippen molar-refractivity contribution >= 4 is 5.97 Å². The van der Waals surface area contributed by atoms with Crippen molar-refractivity contribution in [3.05, 3.63) is 0 Å². The van der Waals surface area contributed by atoms with Gasteiger partial charge in [-0.2, -0.15) is 0 Å². The van der Waals surface area contributed by atoms with E-state index in [1.54, 1.807) is 6.92 Å². The summed E-state index contributed by atoms with van der Waals surface area (Å²) in [6, 6.07) is 0. The van der Waals surface area contributed by atoms with Crippen molar-refractivity contribution in [2.24, 2.45) is 0 Å². The van der Waals surface area contributed by atoms with Crippen LogP contribution in [0.1, 0.15) is 13.3 Å². The fraction of sp³-hybridized carbons (Fsp3) is 0.917. The molecule has 9 nitrogen and oxygen atoms in total. The van der Waals surface area contributed by atoms with E-state index >= 15 is 0 Å². The molecule has 1 rings (SSSR count). The summed E-state index contributed by atoms with van der Waals surface area (Å²) < 4.78 is 15.0. The van der Waals surface area contributed by atoms with E-state index in [0.717, 1.165) is 0 Å². The number of carbonyl (C=O) groups is 1. The molecule has 0 radical (unpaired) electrons. The smallest absolute Gasteiger partial charge is 0.308 e. The first kappa shape index (κ1) is 18.2. The number of rotatable bonds is 7. The Labute approximate surface area is 121 Å². The quantitative estimate of drug-likeness (QED) is 0.313. The highest BCUT2D eigenvalue weighted by molar-refractivity contribution is 5.69. The van der Waals surface area contributed by atoms with Crippen molar-refractivity contribution < 1.29 is 44.5 Å². The molecule has 21 heavy (non-hydrogen) atoms. The lowest BCUT2D eigenvalue weighted by atomic mass is 9.99. The number of aliphatic hydroxyl groups is 5. The van der Waals surface area contributed by atoms with Crippen molar-refractivity contribution in [2.45, 2.75) is 50.2 Å². The largest absolute Gasteiger partial charge is 0.466 e. The topological polar surface area (TPSA) is 146 Å². The normalized spacial score (nSPS) is 34.5. The standard InChI is InChI=1S/C12H22O9/c1-2-19-8(15)3-6(4-13)20-12-11(18)10(17)9(16)7(5-14)21-12/h6-7,9-14,16-18H,2-5H2,1H3/t6-,7-,9-,10+,11-,12-/m1/s1. The molecule has 1 heterocycles. The molecule has 0 aromatic heterocycles. The van der Waals surface area contributed by atoms with Crippen LogP contribution in [0.2, 0.25) is 0 Å². The van der Waals surface area contributed by atoms with Crippen LogP contribution in [0.15, 0.2) is 0 Å². The summed E-state index contributed by atoms with van der Waals surface area (Å²) in [6.07, 6.45) is -8.45. The summed E-state index contributed by atoms with van der Waals surface area (Å²) in [7, 11) is 0. The number of carbonyl (C=O) groups excluding carboxylic acids is 1. The monoisotopic (exact) mass is 310 g/mol. The highest BCUT2D eigenvalue weighted by Gasteiger charge is 2.44. The zero-order valence-electron chi connectivity index (χ0n) is 11.7. The Kier molecular flexibility index (Phi) is 7.46. The maximum Gasteiger partial charge on any atom is 0.308 e. The molecule has 0 saturated carbocycles. The third-order valence-electron chi connectivity index (χ3n) is 3.08. The molecule has 9 heteroatoms. The summed E-state index contributed by atoms with van der Waals surface area (Å²) in [5.74, 6) is -0.596. The van der Waals surface area contributed by atoms with Crippen LogP contribution >= 0.6 is 0 Å². The second kappa shape index (κ2) is 8.59. The van der Waals surface area contributed by atoms with Crippen molar-refractivity contribution in [1.82, 2.24) is 0 Å². The van der Waals surface area contributed by atoms with Gasteiger partial charge in [-0.05, 0) is 6.92 Å². The Morgan fingerprint density at radius 3 is 2.38 bits per heavy atom. The molecule has 0 aromatic rings. The molecule has 1 fully saturated rings. The molecular weight excluding hydrogens is 288 g/mol. The molecule has 0 spiro atoms. The molecule has 5 N–H and O–H groups in total. The lowest BCUT2D eigenvalue weighted by molar-refractivity contribution is -0.313. The SMILES string of the molecule is CCOC(=O)C[C@H](CO)O[C@@H]1O[C@H](CO)[C@@H](O)[C@H](O)[C@H]1O. The van der Waals surface area contributed by atoms with Crippen LogP contribution in [0.5, 0.6) is 0 Å². The van der Waals surface area contributed by atoms with Crippen molar-refractivity contribution in [3.63, 3.8) is 0 Å². The van der Waals surface area contributed by atoms with Gasteiger partial charge in [0.25, 0.3) is 0 Å². The number of hydrogen-bond donors (Lipinski definition) is 5. The van der Waals surface area contributed by atoms with Gasteiger partial charge in [0.2, 0.25) is 0 Å². The highest BCUT2D eigenvalue weighted by atomic mass is 16.7. The summed E-state index contributed by atoms with van der Waals surface area (Å²) in [5.41, 5.74) is 0. The van der Waals surface area contributed by atoms with E-state index in [2.05, 4.69) is 0 Å². The van der Waals surface area contributed by atoms with Crippen molar-refractivity contribution in [3.8, 4) is 0 Å². The van der Waals surface area contributed by atoms with Crippen molar-refractivity contribution in [2.75, 3.05) is 19.8 Å². The van der Waals surface area contributed by atoms with E-state index in [1.165, 1.54) is 0 Å². The molecule has 0 unspecified atom stereocenters. The molecule has 1 aliphatic rings. The van der Waals surface area contributed by atoms with Crippen LogP contribution < -0.4 is 0 Å². The maximum absolute atomic E-state index is 11.3. The summed E-state index contributed by atoms with van der Waals surface area (Å²) in [5, 5.41) is 47.2. The minimum Gasteiger partial charge on any atom is -0.466 e. The van der Waals surface area contributed by atoms with Crippen LogP contribution in [0.3, 0.4) is 0 Å². The zero-order valence-corrected chi connectivity index (χ0v) is 11.7.